The molecule has 1 aromatic rings. The predicted molar refractivity (Wildman–Crippen MR) is 199 cm³/mol. The molecule has 5 atom stereocenters. The Kier molecular flexibility index (Phi) is 10.3. The van der Waals surface area contributed by atoms with Crippen molar-refractivity contribution in [2.24, 2.45) is 16.7 Å². The van der Waals surface area contributed by atoms with E-state index in [1.165, 1.54) is 11.0 Å². The van der Waals surface area contributed by atoms with E-state index in [0.717, 1.165) is 55.4 Å². The number of fused-ring (bicyclic) bond motifs is 3. The van der Waals surface area contributed by atoms with Crippen molar-refractivity contribution in [3.05, 3.63) is 42.0 Å². The van der Waals surface area contributed by atoms with E-state index < -0.39 is 80.2 Å². The van der Waals surface area contributed by atoms with Crippen LogP contribution >= 0.6 is 0 Å². The molecule has 3 aliphatic carbocycles. The molecule has 3 N–H and O–H groups in total. The van der Waals surface area contributed by atoms with Crippen LogP contribution < -0.4 is 20.1 Å². The van der Waals surface area contributed by atoms with Gasteiger partial charge in [0.2, 0.25) is 21.8 Å². The zero-order valence-corrected chi connectivity index (χ0v) is 32.7. The fourth-order valence-corrected chi connectivity index (χ4v) is 9.43. The molecular weight excluding hydrogens is 731 g/mol. The number of amides is 5. The molecule has 1 saturated heterocycles. The summed E-state index contributed by atoms with van der Waals surface area (Å²) in [5.41, 5.74) is -0.644. The molecule has 5 amide bonds. The number of carbonyl (C=O) groups excluding carboxylic acids is 5. The summed E-state index contributed by atoms with van der Waals surface area (Å²) in [6, 6.07) is 3.38. The number of hydrogen-bond acceptors (Lipinski definition) is 10. The quantitative estimate of drug-likeness (QED) is 0.359. The topological polar surface area (TPSA) is 190 Å². The summed E-state index contributed by atoms with van der Waals surface area (Å²) in [7, 11) is -3.92. The highest BCUT2D eigenvalue weighted by molar-refractivity contribution is 7.91. The Labute approximate surface area is 322 Å². The molecule has 55 heavy (non-hydrogen) atoms. The average molecular weight is 784 g/mol. The van der Waals surface area contributed by atoms with E-state index in [1.807, 2.05) is 18.2 Å². The number of sulfonamides is 1. The molecule has 1 spiro atoms. The van der Waals surface area contributed by atoms with E-state index in [-0.39, 0.29) is 38.0 Å². The first-order valence-corrected chi connectivity index (χ1v) is 21.0. The Morgan fingerprint density at radius 1 is 1.04 bits per heavy atom. The number of benzene rings is 1. The summed E-state index contributed by atoms with van der Waals surface area (Å²) in [5.74, 6) is -2.01. The highest BCUT2D eigenvalue weighted by Crippen LogP contribution is 2.50. The van der Waals surface area contributed by atoms with Gasteiger partial charge in [0, 0.05) is 29.9 Å². The Balaban J connectivity index is 1.14. The number of carbonyl (C=O) groups is 5. The van der Waals surface area contributed by atoms with Crippen molar-refractivity contribution >= 4 is 39.9 Å². The van der Waals surface area contributed by atoms with Crippen molar-refractivity contribution in [2.45, 2.75) is 127 Å². The van der Waals surface area contributed by atoms with Gasteiger partial charge in [-0.25, -0.2) is 18.0 Å². The van der Waals surface area contributed by atoms with E-state index in [1.54, 1.807) is 25.7 Å². The van der Waals surface area contributed by atoms with Crippen molar-refractivity contribution in [1.82, 2.24) is 25.2 Å². The molecule has 0 aromatic heterocycles. The summed E-state index contributed by atoms with van der Waals surface area (Å²) in [5, 5.41) is 4.86. The van der Waals surface area contributed by atoms with E-state index in [4.69, 9.17) is 14.2 Å². The Morgan fingerprint density at radius 2 is 1.80 bits per heavy atom. The van der Waals surface area contributed by atoms with Crippen molar-refractivity contribution < 1.29 is 46.6 Å². The summed E-state index contributed by atoms with van der Waals surface area (Å²) in [4.78, 5) is 72.1. The Morgan fingerprint density at radius 3 is 2.47 bits per heavy atom. The molecule has 3 saturated carbocycles. The van der Waals surface area contributed by atoms with Gasteiger partial charge in [-0.05, 0) is 62.0 Å². The number of rotatable bonds is 6. The minimum Gasteiger partial charge on any atom is -0.493 e. The van der Waals surface area contributed by atoms with Crippen LogP contribution in [0, 0.1) is 16.7 Å². The fourth-order valence-electron chi connectivity index (χ4n) is 8.06. The number of nitrogens with one attached hydrogen (secondary N) is 3. The normalized spacial score (nSPS) is 29.8. The molecule has 7 rings (SSSR count). The van der Waals surface area contributed by atoms with Gasteiger partial charge in [-0.15, -0.1) is 6.58 Å². The van der Waals surface area contributed by atoms with Crippen LogP contribution in [0.4, 0.5) is 9.59 Å². The molecular formula is C39H53N5O10S. The maximum absolute atomic E-state index is 14.6. The summed E-state index contributed by atoms with van der Waals surface area (Å²) >= 11 is 0. The minimum atomic E-state index is -3.92. The van der Waals surface area contributed by atoms with E-state index >= 15 is 0 Å². The van der Waals surface area contributed by atoms with Crippen molar-refractivity contribution in [1.29, 1.82) is 0 Å². The monoisotopic (exact) mass is 783 g/mol. The first-order chi connectivity index (χ1) is 26.0. The third kappa shape index (κ3) is 8.29. The molecule has 6 aliphatic rings. The van der Waals surface area contributed by atoms with Crippen LogP contribution in [0.5, 0.6) is 5.75 Å². The predicted octanol–water partition coefficient (Wildman–Crippen LogP) is 3.65. The van der Waals surface area contributed by atoms with Gasteiger partial charge < -0.3 is 29.7 Å². The second-order valence-electron chi connectivity index (χ2n) is 17.4. The highest BCUT2D eigenvalue weighted by Gasteiger charge is 2.62. The van der Waals surface area contributed by atoms with Crippen molar-refractivity contribution in [3.63, 3.8) is 0 Å². The lowest BCUT2D eigenvalue weighted by atomic mass is 9.85. The SMILES string of the molecule is C=C[C@H]1C[C@@]1(NC(=O)[C@@H]1CC2CN1C(=O)[C@H](C(C)(C)C)NC(=O)OCC1(CCCCCOc3cccc4c3CN(C4)C(=O)O2)CC1)C(=O)NS(=O)(=O)C1CC1. The number of alkyl carbamates (subject to hydrolysis) is 1. The van der Waals surface area contributed by atoms with Crippen LogP contribution in [0.25, 0.3) is 0 Å². The maximum Gasteiger partial charge on any atom is 0.410 e. The lowest BCUT2D eigenvalue weighted by molar-refractivity contribution is -0.143. The number of hydrogen-bond donors (Lipinski definition) is 3. The van der Waals surface area contributed by atoms with Crippen LogP contribution in [0.15, 0.2) is 30.9 Å². The van der Waals surface area contributed by atoms with Gasteiger partial charge in [0.25, 0.3) is 5.91 Å². The number of cyclic esters (lactones) is 1. The molecule has 300 valence electrons. The molecule has 0 radical (unpaired) electrons. The minimum absolute atomic E-state index is 0.0816. The molecule has 3 heterocycles. The molecule has 16 heteroatoms. The van der Waals surface area contributed by atoms with Gasteiger partial charge in [0.1, 0.15) is 29.5 Å². The zero-order chi connectivity index (χ0) is 39.3. The molecule has 15 nitrogen and oxygen atoms in total. The third-order valence-corrected chi connectivity index (χ3v) is 13.8. The second-order valence-corrected chi connectivity index (χ2v) is 19.3. The summed E-state index contributed by atoms with van der Waals surface area (Å²) in [6.07, 6.45) is 5.69. The van der Waals surface area contributed by atoms with Gasteiger partial charge in [-0.2, -0.15) is 0 Å². The van der Waals surface area contributed by atoms with Crippen LogP contribution in [0.2, 0.25) is 0 Å². The van der Waals surface area contributed by atoms with Gasteiger partial charge in [0.15, 0.2) is 0 Å². The molecule has 3 aliphatic heterocycles. The van der Waals surface area contributed by atoms with Crippen LogP contribution in [-0.4, -0.2) is 96.9 Å². The zero-order valence-electron chi connectivity index (χ0n) is 31.9. The maximum atomic E-state index is 14.6. The smallest absolute Gasteiger partial charge is 0.410 e. The third-order valence-electron chi connectivity index (χ3n) is 12.0. The van der Waals surface area contributed by atoms with Crippen LogP contribution in [-0.2, 0) is 47.0 Å². The Bertz CT molecular complexity index is 1850. The first kappa shape index (κ1) is 38.9. The average Bonchev–Trinajstić information content (AvgIpc) is 4.08. The lowest BCUT2D eigenvalue weighted by Crippen LogP contribution is -2.60. The van der Waals surface area contributed by atoms with Gasteiger partial charge in [-0.1, -0.05) is 51.8 Å². The fraction of sp³-hybridized carbons (Fsp3) is 0.667. The summed E-state index contributed by atoms with van der Waals surface area (Å²) < 4.78 is 45.4. The van der Waals surface area contributed by atoms with Crippen molar-refractivity contribution in [2.75, 3.05) is 19.8 Å². The van der Waals surface area contributed by atoms with E-state index in [0.29, 0.717) is 26.0 Å². The largest absolute Gasteiger partial charge is 0.493 e. The standard InChI is InChI=1S/C39H53N5O10S/c1-5-25-19-39(25,34(47)42-55(50,51)27-12-13-27)41-32(45)29-18-26-21-44(29)33(46)31(37(2,3)4)40-35(48)53-23-38(15-16-38)14-7-6-8-17-52-30-11-9-10-24-20-43(22-28(24)30)36(49)54-26/h5,9-11,25-27,29,31H,1,6-8,12-23H2,2-4H3,(H,40,48)(H,41,45)(H,42,47)/t25-,26?,29-,31+,39-/m0/s1. The van der Waals surface area contributed by atoms with Gasteiger partial charge in [-0.3, -0.25) is 24.0 Å². The van der Waals surface area contributed by atoms with Crippen molar-refractivity contribution in [3.8, 4) is 5.75 Å². The van der Waals surface area contributed by atoms with Gasteiger partial charge in [0.05, 0.1) is 31.6 Å². The number of nitrogens with zero attached hydrogens (tertiary/aromatic N) is 2. The van der Waals surface area contributed by atoms with E-state index in [2.05, 4.69) is 21.9 Å². The lowest BCUT2D eigenvalue weighted by Gasteiger charge is -2.35. The number of ether oxygens (including phenoxy) is 3. The Hall–Kier alpha value is -4.34. The molecule has 1 aromatic carbocycles. The van der Waals surface area contributed by atoms with Crippen LogP contribution in [0.1, 0.15) is 96.1 Å². The first-order valence-electron chi connectivity index (χ1n) is 19.5. The molecule has 4 fully saturated rings. The van der Waals surface area contributed by atoms with Crippen LogP contribution in [0.3, 0.4) is 0 Å². The molecule has 4 bridgehead atoms. The summed E-state index contributed by atoms with van der Waals surface area (Å²) in [6.45, 7) is 10.3. The van der Waals surface area contributed by atoms with E-state index in [9.17, 15) is 32.4 Å². The highest BCUT2D eigenvalue weighted by atomic mass is 32.2. The van der Waals surface area contributed by atoms with Gasteiger partial charge >= 0.3 is 12.2 Å². The second kappa shape index (κ2) is 14.6. The molecule has 1 unspecified atom stereocenters.